The Kier molecular flexibility index (Phi) is 27.0. The number of rotatable bonds is 32. The number of phenolic OH excluding ortho intramolecular Hbond substituents is 1. The Bertz CT molecular complexity index is 2190. The van der Waals surface area contributed by atoms with Crippen molar-refractivity contribution in [2.75, 3.05) is 18.6 Å². The van der Waals surface area contributed by atoms with Gasteiger partial charge in [0.2, 0.25) is 59.1 Å². The molecule has 0 aromatic heterocycles. The van der Waals surface area contributed by atoms with Gasteiger partial charge in [-0.2, -0.15) is 11.8 Å². The van der Waals surface area contributed by atoms with Crippen molar-refractivity contribution in [3.8, 4) is 5.75 Å². The van der Waals surface area contributed by atoms with Gasteiger partial charge >= 0.3 is 0 Å². The number of carbonyl (C=O) groups excluding carboxylic acids is 10. The van der Waals surface area contributed by atoms with E-state index in [0.717, 1.165) is 0 Å². The molecule has 404 valence electrons. The van der Waals surface area contributed by atoms with Gasteiger partial charge in [-0.05, 0) is 87.8 Å². The zero-order chi connectivity index (χ0) is 54.9. The second-order valence-corrected chi connectivity index (χ2v) is 19.0. The fourth-order valence-electron chi connectivity index (χ4n) is 7.04. The monoisotopic (exact) mass is 1040 g/mol. The zero-order valence-corrected chi connectivity index (χ0v) is 42.9. The lowest BCUT2D eigenvalue weighted by Gasteiger charge is -2.28. The molecule has 24 nitrogen and oxygen atoms in total. The molecule has 73 heavy (non-hydrogen) atoms. The van der Waals surface area contributed by atoms with Crippen molar-refractivity contribution in [3.05, 3.63) is 65.7 Å². The lowest BCUT2D eigenvalue weighted by Crippen LogP contribution is -2.61. The average molecular weight is 1040 g/mol. The van der Waals surface area contributed by atoms with Crippen molar-refractivity contribution < 1.29 is 58.2 Å². The van der Waals surface area contributed by atoms with Crippen LogP contribution in [-0.2, 0) is 60.8 Å². The van der Waals surface area contributed by atoms with Crippen molar-refractivity contribution in [2.45, 2.75) is 140 Å². The number of thioether (sulfide) groups is 1. The Labute approximate surface area is 429 Å². The van der Waals surface area contributed by atoms with Crippen LogP contribution >= 0.6 is 11.8 Å². The third-order valence-electron chi connectivity index (χ3n) is 11.4. The summed E-state index contributed by atoms with van der Waals surface area (Å²) in [6, 6.07) is 1.85. The number of hydrogen-bond acceptors (Lipinski definition) is 15. The van der Waals surface area contributed by atoms with Gasteiger partial charge in [0.15, 0.2) is 0 Å². The molecule has 0 radical (unpaired) electrons. The van der Waals surface area contributed by atoms with Gasteiger partial charge in [-0.25, -0.2) is 0 Å². The number of benzene rings is 2. The molecule has 25 heteroatoms. The van der Waals surface area contributed by atoms with Crippen LogP contribution in [-0.4, -0.2) is 148 Å². The molecule has 0 fully saturated rings. The second-order valence-electron chi connectivity index (χ2n) is 18.0. The fraction of sp³-hybridized carbons (Fsp3) is 0.542. The summed E-state index contributed by atoms with van der Waals surface area (Å²) in [6.07, 6.45) is 0.881. The van der Waals surface area contributed by atoms with Crippen LogP contribution in [0.5, 0.6) is 5.75 Å². The van der Waals surface area contributed by atoms with Crippen LogP contribution < -0.4 is 65.5 Å². The third kappa shape index (κ3) is 22.2. The quantitative estimate of drug-likeness (QED) is 0.0319. The van der Waals surface area contributed by atoms with Crippen molar-refractivity contribution in [1.82, 2.24) is 42.5 Å². The number of aliphatic hydroxyl groups excluding tert-OH is 1. The van der Waals surface area contributed by atoms with Gasteiger partial charge in [-0.15, -0.1) is 0 Å². The van der Waals surface area contributed by atoms with E-state index in [4.69, 9.17) is 22.9 Å². The predicted octanol–water partition coefficient (Wildman–Crippen LogP) is -3.30. The van der Waals surface area contributed by atoms with E-state index in [9.17, 15) is 58.2 Å². The van der Waals surface area contributed by atoms with Gasteiger partial charge in [0, 0.05) is 12.8 Å². The third-order valence-corrected chi connectivity index (χ3v) is 12.0. The number of hydrogen-bond donors (Lipinski definition) is 14. The van der Waals surface area contributed by atoms with E-state index in [1.165, 1.54) is 56.8 Å². The minimum atomic E-state index is -1.76. The first-order valence-corrected chi connectivity index (χ1v) is 25.2. The largest absolute Gasteiger partial charge is 0.508 e. The summed E-state index contributed by atoms with van der Waals surface area (Å²) in [5, 5.41) is 40.3. The lowest BCUT2D eigenvalue weighted by molar-refractivity contribution is -0.137. The van der Waals surface area contributed by atoms with E-state index in [2.05, 4.69) is 42.5 Å². The number of carbonyl (C=O) groups is 10. The van der Waals surface area contributed by atoms with E-state index in [-0.39, 0.29) is 25.0 Å². The summed E-state index contributed by atoms with van der Waals surface area (Å²) in [7, 11) is 0. The molecule has 0 unspecified atom stereocenters. The molecule has 0 saturated carbocycles. The van der Waals surface area contributed by atoms with Crippen LogP contribution in [0, 0.1) is 5.92 Å². The number of nitrogens with one attached hydrogen (secondary N) is 8. The molecule has 0 saturated heterocycles. The zero-order valence-electron chi connectivity index (χ0n) is 42.1. The highest BCUT2D eigenvalue weighted by Gasteiger charge is 2.36. The molecule has 2 aromatic carbocycles. The SMILES string of the molecule is CSCC[C@H](NC(=O)[C@@H](NC(=O)[C@H](C)NC(=O)[C@H](Cc1ccccc1)NC(=O)[C@H](CC(N)=O)NC(=O)[C@H](Cc1ccc(O)cc1)NC(=O)[C@@H](NC(=O)[C@H](C)NC(=O)[C@@H](N)CCCCN)C(C)C)[C@@H](C)O)C(N)=O. The first-order valence-electron chi connectivity index (χ1n) is 23.8. The van der Waals surface area contributed by atoms with Gasteiger partial charge < -0.3 is 75.7 Å². The summed E-state index contributed by atoms with van der Waals surface area (Å²) in [5.41, 5.74) is 23.4. The first kappa shape index (κ1) is 62.3. The molecule has 18 N–H and O–H groups in total. The van der Waals surface area contributed by atoms with Crippen molar-refractivity contribution in [1.29, 1.82) is 0 Å². The number of aromatic hydroxyl groups is 1. The second kappa shape index (κ2) is 31.6. The molecular weight excluding hydrogens is 969 g/mol. The standard InChI is InChI=1S/C48H74N12O12S/c1-25(2)38(59-41(65)26(3)53-43(67)32(50)14-10-11-20-49)47(71)58-35(23-30-15-17-31(62)18-16-30)45(69)57-36(24-37(51)63)46(70)56-34(22-29-12-8-7-9-13-29)44(68)54-27(4)42(66)60-39(28(5)61)48(72)55-33(40(52)64)19-21-73-6/h7-9,12-13,15-18,25-28,32-36,38-39,61-62H,10-11,14,19-24,49-50H2,1-6H3,(H2,51,63)(H2,52,64)(H,53,67)(H,54,68)(H,55,72)(H,56,70)(H,57,69)(H,58,71)(H,59,65)(H,60,66)/t26-,27-,28+,32-,33-,34-,35-,36-,38-,39-/m0/s1. The molecule has 0 spiro atoms. The number of nitrogens with two attached hydrogens (primary N) is 4. The molecule has 0 aliphatic heterocycles. The van der Waals surface area contributed by atoms with E-state index < -0.39 is 132 Å². The molecule has 0 bridgehead atoms. The Morgan fingerprint density at radius 1 is 0.548 bits per heavy atom. The molecule has 0 aliphatic rings. The minimum absolute atomic E-state index is 0.0972. The maximum absolute atomic E-state index is 14.2. The Morgan fingerprint density at radius 3 is 1.52 bits per heavy atom. The predicted molar refractivity (Wildman–Crippen MR) is 272 cm³/mol. The van der Waals surface area contributed by atoms with Crippen LogP contribution in [0.2, 0.25) is 0 Å². The van der Waals surface area contributed by atoms with E-state index in [1.807, 2.05) is 0 Å². The van der Waals surface area contributed by atoms with Gasteiger partial charge in [0.25, 0.3) is 0 Å². The molecule has 10 atom stereocenters. The van der Waals surface area contributed by atoms with Crippen LogP contribution in [0.25, 0.3) is 0 Å². The molecule has 2 rings (SSSR count). The van der Waals surface area contributed by atoms with E-state index in [0.29, 0.717) is 42.7 Å². The lowest BCUT2D eigenvalue weighted by atomic mass is 10.00. The van der Waals surface area contributed by atoms with Gasteiger partial charge in [-0.3, -0.25) is 47.9 Å². The summed E-state index contributed by atoms with van der Waals surface area (Å²) in [5.74, 6) is -9.08. The average Bonchev–Trinajstić information content (AvgIpc) is 3.33. The number of unbranched alkanes of at least 4 members (excludes halogenated alkanes) is 1. The smallest absolute Gasteiger partial charge is 0.245 e. The maximum atomic E-state index is 14.2. The summed E-state index contributed by atoms with van der Waals surface area (Å²) < 4.78 is 0. The van der Waals surface area contributed by atoms with Crippen molar-refractivity contribution in [2.24, 2.45) is 28.9 Å². The summed E-state index contributed by atoms with van der Waals surface area (Å²) in [4.78, 5) is 133. The highest BCUT2D eigenvalue weighted by atomic mass is 32.2. The van der Waals surface area contributed by atoms with E-state index in [1.54, 1.807) is 50.4 Å². The minimum Gasteiger partial charge on any atom is -0.508 e. The van der Waals surface area contributed by atoms with Gasteiger partial charge in [-0.1, -0.05) is 62.7 Å². The van der Waals surface area contributed by atoms with Gasteiger partial charge in [0.05, 0.1) is 18.6 Å². The van der Waals surface area contributed by atoms with Crippen LogP contribution in [0.3, 0.4) is 0 Å². The molecule has 10 amide bonds. The molecular formula is C48H74N12O12S. The number of aliphatic hydroxyl groups is 1. The molecule has 0 heterocycles. The Morgan fingerprint density at radius 2 is 1.01 bits per heavy atom. The number of primary amides is 2. The molecule has 0 aliphatic carbocycles. The number of phenols is 1. The van der Waals surface area contributed by atoms with Crippen LogP contribution in [0.1, 0.15) is 77.8 Å². The van der Waals surface area contributed by atoms with E-state index >= 15 is 0 Å². The van der Waals surface area contributed by atoms with Crippen LogP contribution in [0.4, 0.5) is 0 Å². The Balaban J connectivity index is 2.39. The number of amides is 10. The van der Waals surface area contributed by atoms with Crippen molar-refractivity contribution in [3.63, 3.8) is 0 Å². The highest BCUT2D eigenvalue weighted by Crippen LogP contribution is 2.14. The normalized spacial score (nSPS) is 15.2. The fourth-order valence-corrected chi connectivity index (χ4v) is 7.51. The summed E-state index contributed by atoms with van der Waals surface area (Å²) >= 11 is 1.40. The maximum Gasteiger partial charge on any atom is 0.245 e. The first-order chi connectivity index (χ1) is 34.4. The van der Waals surface area contributed by atoms with Crippen molar-refractivity contribution >= 4 is 70.8 Å². The highest BCUT2D eigenvalue weighted by molar-refractivity contribution is 7.98. The van der Waals surface area contributed by atoms with Gasteiger partial charge in [0.1, 0.15) is 54.1 Å². The topological polar surface area (TPSA) is 411 Å². The van der Waals surface area contributed by atoms with Crippen LogP contribution in [0.15, 0.2) is 54.6 Å². The summed E-state index contributed by atoms with van der Waals surface area (Å²) in [6.45, 7) is 7.58. The molecule has 2 aromatic rings. The Hall–Kier alpha value is -6.83.